The predicted molar refractivity (Wildman–Crippen MR) is 63.4 cm³/mol. The highest BCUT2D eigenvalue weighted by molar-refractivity contribution is 6.04. The number of hydrogen-bond donors (Lipinski definition) is 1. The molecule has 0 unspecified atom stereocenters. The van der Waals surface area contributed by atoms with Gasteiger partial charge in [-0.15, -0.1) is 0 Å². The van der Waals surface area contributed by atoms with Crippen LogP contribution < -0.4 is 10.5 Å². The molecule has 0 fully saturated rings. The lowest BCUT2D eigenvalue weighted by Gasteiger charge is -2.11. The largest absolute Gasteiger partial charge is 0.493 e. The Labute approximate surface area is 99.2 Å². The number of aliphatic imine (C=N–C) groups is 1. The summed E-state index contributed by atoms with van der Waals surface area (Å²) in [6.45, 7) is 2.88. The molecule has 0 bridgehead atoms. The lowest BCUT2D eigenvalue weighted by atomic mass is 10.0. The third kappa shape index (κ3) is 1.95. The second-order valence-electron chi connectivity index (χ2n) is 3.63. The first-order valence-electron chi connectivity index (χ1n) is 5.35. The molecular formula is C12H14N2O3. The Kier molecular flexibility index (Phi) is 2.99. The number of methoxy groups -OCH3 is 1. The molecule has 0 radical (unpaired) electrons. The molecule has 17 heavy (non-hydrogen) atoms. The SMILES string of the molecule is CCOc1cc2c(cc1C(=O)OC)C(N)=NC2. The summed E-state index contributed by atoms with van der Waals surface area (Å²) in [6.07, 6.45) is 0. The van der Waals surface area contributed by atoms with Gasteiger partial charge in [-0.1, -0.05) is 0 Å². The highest BCUT2D eigenvalue weighted by Gasteiger charge is 2.21. The number of ether oxygens (including phenoxy) is 2. The van der Waals surface area contributed by atoms with Gasteiger partial charge in [0.05, 0.1) is 20.3 Å². The van der Waals surface area contributed by atoms with Gasteiger partial charge in [-0.05, 0) is 24.6 Å². The van der Waals surface area contributed by atoms with Crippen LogP contribution in [0.3, 0.4) is 0 Å². The third-order valence-corrected chi connectivity index (χ3v) is 2.61. The van der Waals surface area contributed by atoms with Crippen molar-refractivity contribution in [3.8, 4) is 5.75 Å². The summed E-state index contributed by atoms with van der Waals surface area (Å²) >= 11 is 0. The molecular weight excluding hydrogens is 220 g/mol. The molecule has 2 rings (SSSR count). The molecule has 0 aromatic heterocycles. The average Bonchev–Trinajstić information content (AvgIpc) is 2.69. The fourth-order valence-electron chi connectivity index (χ4n) is 1.79. The zero-order chi connectivity index (χ0) is 12.4. The van der Waals surface area contributed by atoms with Gasteiger partial charge in [-0.25, -0.2) is 4.79 Å². The molecule has 2 N–H and O–H groups in total. The summed E-state index contributed by atoms with van der Waals surface area (Å²) in [5, 5.41) is 0. The Bertz CT molecular complexity index is 495. The summed E-state index contributed by atoms with van der Waals surface area (Å²) in [6, 6.07) is 3.48. The van der Waals surface area contributed by atoms with Crippen molar-refractivity contribution in [2.75, 3.05) is 13.7 Å². The van der Waals surface area contributed by atoms with Crippen molar-refractivity contribution < 1.29 is 14.3 Å². The minimum absolute atomic E-state index is 0.383. The molecule has 0 saturated heterocycles. The Morgan fingerprint density at radius 3 is 2.94 bits per heavy atom. The van der Waals surface area contributed by atoms with E-state index in [4.69, 9.17) is 15.2 Å². The van der Waals surface area contributed by atoms with Crippen molar-refractivity contribution in [1.82, 2.24) is 0 Å². The fraction of sp³-hybridized carbons (Fsp3) is 0.333. The second kappa shape index (κ2) is 4.45. The van der Waals surface area contributed by atoms with E-state index in [1.165, 1.54) is 7.11 Å². The molecule has 0 saturated carbocycles. The maximum absolute atomic E-state index is 11.6. The van der Waals surface area contributed by atoms with Crippen LogP contribution in [0.1, 0.15) is 28.4 Å². The Morgan fingerprint density at radius 2 is 2.29 bits per heavy atom. The smallest absolute Gasteiger partial charge is 0.341 e. The molecule has 1 heterocycles. The van der Waals surface area contributed by atoms with E-state index in [-0.39, 0.29) is 0 Å². The number of hydrogen-bond acceptors (Lipinski definition) is 5. The molecule has 1 aromatic carbocycles. The number of nitrogens with two attached hydrogens (primary N) is 1. The zero-order valence-corrected chi connectivity index (χ0v) is 9.82. The normalized spacial score (nSPS) is 12.9. The van der Waals surface area contributed by atoms with Crippen LogP contribution in [0.2, 0.25) is 0 Å². The lowest BCUT2D eigenvalue weighted by Crippen LogP contribution is -2.13. The van der Waals surface area contributed by atoms with E-state index in [1.807, 2.05) is 6.92 Å². The van der Waals surface area contributed by atoms with Gasteiger partial charge in [0, 0.05) is 5.56 Å². The van der Waals surface area contributed by atoms with Crippen molar-refractivity contribution >= 4 is 11.8 Å². The van der Waals surface area contributed by atoms with Crippen molar-refractivity contribution in [3.05, 3.63) is 28.8 Å². The predicted octanol–water partition coefficient (Wildman–Crippen LogP) is 1.09. The third-order valence-electron chi connectivity index (χ3n) is 2.61. The van der Waals surface area contributed by atoms with Crippen molar-refractivity contribution in [3.63, 3.8) is 0 Å². The van der Waals surface area contributed by atoms with Crippen LogP contribution in [0.15, 0.2) is 17.1 Å². The van der Waals surface area contributed by atoms with Crippen LogP contribution in [0.25, 0.3) is 0 Å². The van der Waals surface area contributed by atoms with E-state index in [1.54, 1.807) is 12.1 Å². The van der Waals surface area contributed by atoms with Gasteiger partial charge in [0.15, 0.2) is 0 Å². The van der Waals surface area contributed by atoms with E-state index in [9.17, 15) is 4.79 Å². The van der Waals surface area contributed by atoms with Crippen molar-refractivity contribution in [1.29, 1.82) is 0 Å². The quantitative estimate of drug-likeness (QED) is 0.794. The van der Waals surface area contributed by atoms with Gasteiger partial charge < -0.3 is 15.2 Å². The highest BCUT2D eigenvalue weighted by Crippen LogP contribution is 2.28. The fourth-order valence-corrected chi connectivity index (χ4v) is 1.79. The van der Waals surface area contributed by atoms with Gasteiger partial charge >= 0.3 is 5.97 Å². The Hall–Kier alpha value is -2.04. The Balaban J connectivity index is 2.51. The standard InChI is InChI=1S/C12H14N2O3/c1-3-17-10-4-7-6-14-11(13)8(7)5-9(10)12(15)16-2/h4-5H,3,6H2,1-2H3,(H2,13,14). The first-order chi connectivity index (χ1) is 8.17. The van der Waals surface area contributed by atoms with Gasteiger partial charge in [0.2, 0.25) is 0 Å². The first kappa shape index (κ1) is 11.4. The van der Waals surface area contributed by atoms with E-state index < -0.39 is 5.97 Å². The molecule has 0 aliphatic carbocycles. The second-order valence-corrected chi connectivity index (χ2v) is 3.63. The number of nitrogens with zero attached hydrogens (tertiary/aromatic N) is 1. The molecule has 1 aromatic rings. The molecule has 5 nitrogen and oxygen atoms in total. The maximum atomic E-state index is 11.6. The van der Waals surface area contributed by atoms with Gasteiger partial charge in [-0.3, -0.25) is 4.99 Å². The Morgan fingerprint density at radius 1 is 1.53 bits per heavy atom. The van der Waals surface area contributed by atoms with Gasteiger partial charge in [0.25, 0.3) is 0 Å². The first-order valence-corrected chi connectivity index (χ1v) is 5.35. The number of esters is 1. The zero-order valence-electron chi connectivity index (χ0n) is 9.82. The van der Waals surface area contributed by atoms with Crippen molar-refractivity contribution in [2.45, 2.75) is 13.5 Å². The van der Waals surface area contributed by atoms with E-state index >= 15 is 0 Å². The number of carbonyl (C=O) groups excluding carboxylic acids is 1. The number of benzene rings is 1. The van der Waals surface area contributed by atoms with Crippen molar-refractivity contribution in [2.24, 2.45) is 10.7 Å². The summed E-state index contributed by atoms with van der Waals surface area (Å²) in [7, 11) is 1.34. The van der Waals surface area contributed by atoms with Crippen LogP contribution in [-0.4, -0.2) is 25.5 Å². The average molecular weight is 234 g/mol. The lowest BCUT2D eigenvalue weighted by molar-refractivity contribution is 0.0596. The number of amidine groups is 1. The van der Waals surface area contributed by atoms with Gasteiger partial charge in [0.1, 0.15) is 17.1 Å². The molecule has 1 aliphatic heterocycles. The van der Waals surface area contributed by atoms with Gasteiger partial charge in [-0.2, -0.15) is 0 Å². The topological polar surface area (TPSA) is 73.9 Å². The summed E-state index contributed by atoms with van der Waals surface area (Å²) in [5.41, 5.74) is 7.88. The highest BCUT2D eigenvalue weighted by atomic mass is 16.5. The molecule has 5 heteroatoms. The molecule has 90 valence electrons. The summed E-state index contributed by atoms with van der Waals surface area (Å²) < 4.78 is 10.1. The van der Waals surface area contributed by atoms with Crippen LogP contribution in [0.4, 0.5) is 0 Å². The van der Waals surface area contributed by atoms with Crippen LogP contribution in [0.5, 0.6) is 5.75 Å². The van der Waals surface area contributed by atoms with E-state index in [0.717, 1.165) is 11.1 Å². The molecule has 0 amide bonds. The number of rotatable bonds is 3. The molecule has 1 aliphatic rings. The van der Waals surface area contributed by atoms with Crippen LogP contribution in [0, 0.1) is 0 Å². The number of carbonyl (C=O) groups is 1. The van der Waals surface area contributed by atoms with E-state index in [2.05, 4.69) is 4.99 Å². The van der Waals surface area contributed by atoms with E-state index in [0.29, 0.717) is 30.3 Å². The minimum Gasteiger partial charge on any atom is -0.493 e. The minimum atomic E-state index is -0.434. The molecule has 0 spiro atoms. The summed E-state index contributed by atoms with van der Waals surface area (Å²) in [4.78, 5) is 15.8. The summed E-state index contributed by atoms with van der Waals surface area (Å²) in [5.74, 6) is 0.534. The molecule has 0 atom stereocenters. The monoisotopic (exact) mass is 234 g/mol. The van der Waals surface area contributed by atoms with Crippen LogP contribution in [-0.2, 0) is 11.3 Å². The maximum Gasteiger partial charge on any atom is 0.341 e. The van der Waals surface area contributed by atoms with Crippen LogP contribution >= 0.6 is 0 Å². The number of fused-ring (bicyclic) bond motifs is 1.